The zero-order valence-electron chi connectivity index (χ0n) is 12.3. The summed E-state index contributed by atoms with van der Waals surface area (Å²) >= 11 is 0. The maximum Gasteiger partial charge on any atom is 0.265 e. The van der Waals surface area contributed by atoms with Crippen LogP contribution >= 0.6 is 0 Å². The predicted octanol–water partition coefficient (Wildman–Crippen LogP) is 2.41. The van der Waals surface area contributed by atoms with Crippen molar-refractivity contribution in [1.82, 2.24) is 5.43 Å². The molecule has 1 aromatic carbocycles. The fraction of sp³-hybridized carbons (Fsp3) is 0.562. The summed E-state index contributed by atoms with van der Waals surface area (Å²) in [7, 11) is 0. The molecule has 0 atom stereocenters. The Balaban J connectivity index is 1.67. The number of carbonyl (C=O) groups is 1. The van der Waals surface area contributed by atoms with Crippen molar-refractivity contribution in [2.75, 3.05) is 13.2 Å². The molecule has 0 heterocycles. The first-order chi connectivity index (χ1) is 10.3. The number of rotatable bonds is 6. The van der Waals surface area contributed by atoms with Gasteiger partial charge in [-0.05, 0) is 37.1 Å². The molecule has 0 aromatic heterocycles. The average Bonchev–Trinajstić information content (AvgIpc) is 2.80. The Morgan fingerprint density at radius 3 is 2.38 bits per heavy atom. The number of hydrogen-bond donors (Lipinski definition) is 2. The summed E-state index contributed by atoms with van der Waals surface area (Å²) in [6, 6.07) is 6.89. The SMILES string of the molecule is NNC(=O)c1ccc(OCCOC2CCCCCC2)cc1. The van der Waals surface area contributed by atoms with Gasteiger partial charge in [0.05, 0.1) is 12.7 Å². The third kappa shape index (κ3) is 5.36. The smallest absolute Gasteiger partial charge is 0.265 e. The van der Waals surface area contributed by atoms with Crippen molar-refractivity contribution >= 4 is 5.91 Å². The standard InChI is InChI=1S/C16H24N2O3/c17-18-16(19)13-7-9-15(10-8-13)21-12-11-20-14-5-3-1-2-4-6-14/h7-10,14H,1-6,11-12,17H2,(H,18,19). The normalized spacial score (nSPS) is 16.2. The lowest BCUT2D eigenvalue weighted by Crippen LogP contribution is -2.29. The highest BCUT2D eigenvalue weighted by atomic mass is 16.5. The maximum atomic E-state index is 11.3. The molecular weight excluding hydrogens is 268 g/mol. The van der Waals surface area contributed by atoms with Crippen LogP contribution in [0, 0.1) is 0 Å². The Hall–Kier alpha value is -1.59. The van der Waals surface area contributed by atoms with Crippen molar-refractivity contribution in [3.05, 3.63) is 29.8 Å². The van der Waals surface area contributed by atoms with Crippen LogP contribution in [0.4, 0.5) is 0 Å². The molecule has 1 amide bonds. The van der Waals surface area contributed by atoms with Gasteiger partial charge in [0, 0.05) is 5.56 Å². The van der Waals surface area contributed by atoms with Gasteiger partial charge in [0.25, 0.3) is 5.91 Å². The first-order valence-corrected chi connectivity index (χ1v) is 7.65. The molecule has 0 bridgehead atoms. The second-order valence-corrected chi connectivity index (χ2v) is 5.33. The summed E-state index contributed by atoms with van der Waals surface area (Å²) in [6.45, 7) is 1.13. The second-order valence-electron chi connectivity index (χ2n) is 5.33. The Labute approximate surface area is 125 Å². The number of amides is 1. The van der Waals surface area contributed by atoms with Crippen LogP contribution in [0.25, 0.3) is 0 Å². The molecule has 1 aromatic rings. The van der Waals surface area contributed by atoms with Crippen molar-refractivity contribution in [2.24, 2.45) is 5.84 Å². The number of carbonyl (C=O) groups excluding carboxylic acids is 1. The number of nitrogens with one attached hydrogen (secondary N) is 1. The van der Waals surface area contributed by atoms with Gasteiger partial charge in [-0.2, -0.15) is 0 Å². The fourth-order valence-electron chi connectivity index (χ4n) is 2.57. The van der Waals surface area contributed by atoms with Crippen molar-refractivity contribution < 1.29 is 14.3 Å². The van der Waals surface area contributed by atoms with Gasteiger partial charge in [-0.1, -0.05) is 25.7 Å². The Morgan fingerprint density at radius 1 is 1.10 bits per heavy atom. The zero-order chi connectivity index (χ0) is 14.9. The molecule has 0 saturated heterocycles. The van der Waals surface area contributed by atoms with Crippen LogP contribution in [0.5, 0.6) is 5.75 Å². The maximum absolute atomic E-state index is 11.3. The summed E-state index contributed by atoms with van der Waals surface area (Å²) in [5.74, 6) is 5.50. The number of nitrogens with two attached hydrogens (primary N) is 1. The van der Waals surface area contributed by atoms with E-state index in [0.29, 0.717) is 24.9 Å². The van der Waals surface area contributed by atoms with Gasteiger partial charge >= 0.3 is 0 Å². The fourth-order valence-corrected chi connectivity index (χ4v) is 2.57. The van der Waals surface area contributed by atoms with E-state index >= 15 is 0 Å². The van der Waals surface area contributed by atoms with Gasteiger partial charge < -0.3 is 9.47 Å². The van der Waals surface area contributed by atoms with E-state index in [4.69, 9.17) is 15.3 Å². The van der Waals surface area contributed by atoms with Crippen molar-refractivity contribution in [3.63, 3.8) is 0 Å². The van der Waals surface area contributed by atoms with E-state index in [-0.39, 0.29) is 5.91 Å². The molecule has 0 aliphatic heterocycles. The third-order valence-electron chi connectivity index (χ3n) is 3.76. The molecule has 1 aliphatic carbocycles. The van der Waals surface area contributed by atoms with E-state index in [1.165, 1.54) is 38.5 Å². The van der Waals surface area contributed by atoms with Gasteiger partial charge in [0.15, 0.2) is 0 Å². The highest BCUT2D eigenvalue weighted by Crippen LogP contribution is 2.19. The van der Waals surface area contributed by atoms with E-state index in [0.717, 1.165) is 5.75 Å². The molecule has 3 N–H and O–H groups in total. The molecule has 1 fully saturated rings. The largest absolute Gasteiger partial charge is 0.491 e. The highest BCUT2D eigenvalue weighted by Gasteiger charge is 2.12. The molecule has 1 saturated carbocycles. The summed E-state index contributed by atoms with van der Waals surface area (Å²) in [6.07, 6.45) is 7.95. The molecule has 21 heavy (non-hydrogen) atoms. The lowest BCUT2D eigenvalue weighted by Gasteiger charge is -2.15. The lowest BCUT2D eigenvalue weighted by molar-refractivity contribution is 0.0254. The minimum Gasteiger partial charge on any atom is -0.491 e. The van der Waals surface area contributed by atoms with Gasteiger partial charge in [-0.15, -0.1) is 0 Å². The minimum atomic E-state index is -0.307. The first-order valence-electron chi connectivity index (χ1n) is 7.65. The molecule has 5 heteroatoms. The number of ether oxygens (including phenoxy) is 2. The van der Waals surface area contributed by atoms with Crippen LogP contribution in [-0.2, 0) is 4.74 Å². The summed E-state index contributed by atoms with van der Waals surface area (Å²) < 4.78 is 11.5. The average molecular weight is 292 g/mol. The Bertz CT molecular complexity index is 426. The van der Waals surface area contributed by atoms with E-state index in [9.17, 15) is 4.79 Å². The topological polar surface area (TPSA) is 73.6 Å². The van der Waals surface area contributed by atoms with E-state index in [2.05, 4.69) is 5.43 Å². The van der Waals surface area contributed by atoms with Crippen LogP contribution in [0.1, 0.15) is 48.9 Å². The molecule has 5 nitrogen and oxygen atoms in total. The van der Waals surface area contributed by atoms with E-state index in [1.54, 1.807) is 24.3 Å². The second kappa shape index (κ2) is 8.64. The number of hydrogen-bond acceptors (Lipinski definition) is 4. The van der Waals surface area contributed by atoms with Crippen molar-refractivity contribution in [1.29, 1.82) is 0 Å². The van der Waals surface area contributed by atoms with Crippen molar-refractivity contribution in [3.8, 4) is 5.75 Å². The van der Waals surface area contributed by atoms with Gasteiger partial charge in [0.2, 0.25) is 0 Å². The molecule has 0 unspecified atom stereocenters. The van der Waals surface area contributed by atoms with Gasteiger partial charge in [0.1, 0.15) is 12.4 Å². The van der Waals surface area contributed by atoms with Crippen LogP contribution in [-0.4, -0.2) is 25.2 Å². The quantitative estimate of drug-likeness (QED) is 0.278. The van der Waals surface area contributed by atoms with Crippen molar-refractivity contribution in [2.45, 2.75) is 44.6 Å². The first kappa shape index (κ1) is 15.8. The third-order valence-corrected chi connectivity index (χ3v) is 3.76. The van der Waals surface area contributed by atoms with Crippen LogP contribution < -0.4 is 16.0 Å². The highest BCUT2D eigenvalue weighted by molar-refractivity contribution is 5.93. The minimum absolute atomic E-state index is 0.307. The number of nitrogen functional groups attached to an aromatic ring is 1. The predicted molar refractivity (Wildman–Crippen MR) is 81.0 cm³/mol. The summed E-state index contributed by atoms with van der Waals surface area (Å²) in [5.41, 5.74) is 2.61. The number of hydrazine groups is 1. The molecular formula is C16H24N2O3. The van der Waals surface area contributed by atoms with Crippen LogP contribution in [0.3, 0.4) is 0 Å². The monoisotopic (exact) mass is 292 g/mol. The number of benzene rings is 1. The summed E-state index contributed by atoms with van der Waals surface area (Å²) in [4.78, 5) is 11.3. The van der Waals surface area contributed by atoms with Gasteiger partial charge in [-0.3, -0.25) is 10.2 Å². The molecule has 116 valence electrons. The molecule has 1 aliphatic rings. The Morgan fingerprint density at radius 2 is 1.76 bits per heavy atom. The van der Waals surface area contributed by atoms with Crippen LogP contribution in [0.15, 0.2) is 24.3 Å². The van der Waals surface area contributed by atoms with E-state index in [1.807, 2.05) is 0 Å². The lowest BCUT2D eigenvalue weighted by atomic mass is 10.1. The molecule has 0 radical (unpaired) electrons. The zero-order valence-corrected chi connectivity index (χ0v) is 12.3. The molecule has 0 spiro atoms. The molecule has 2 rings (SSSR count). The van der Waals surface area contributed by atoms with Gasteiger partial charge in [-0.25, -0.2) is 5.84 Å². The van der Waals surface area contributed by atoms with E-state index < -0.39 is 0 Å². The Kier molecular flexibility index (Phi) is 6.50. The summed E-state index contributed by atoms with van der Waals surface area (Å²) in [5, 5.41) is 0. The van der Waals surface area contributed by atoms with Crippen LogP contribution in [0.2, 0.25) is 0 Å².